The van der Waals surface area contributed by atoms with Gasteiger partial charge in [-0.05, 0) is 31.2 Å². The molecule has 1 saturated heterocycles. The SMILES string of the molecule is C[C@@H]1CNCCN1CCS(=O)(=O)c1ccc(Cl)cc1. The molecule has 1 aliphatic heterocycles. The van der Waals surface area contributed by atoms with Gasteiger partial charge < -0.3 is 5.32 Å². The van der Waals surface area contributed by atoms with Crippen molar-refractivity contribution in [3.63, 3.8) is 0 Å². The zero-order valence-corrected chi connectivity index (χ0v) is 12.5. The van der Waals surface area contributed by atoms with Crippen molar-refractivity contribution in [3.05, 3.63) is 29.3 Å². The van der Waals surface area contributed by atoms with E-state index in [-0.39, 0.29) is 5.75 Å². The van der Waals surface area contributed by atoms with Crippen LogP contribution in [0.2, 0.25) is 5.02 Å². The molecular weight excluding hydrogens is 284 g/mol. The molecule has 2 rings (SSSR count). The van der Waals surface area contributed by atoms with Gasteiger partial charge in [-0.3, -0.25) is 4.90 Å². The maximum absolute atomic E-state index is 12.2. The van der Waals surface area contributed by atoms with E-state index in [1.54, 1.807) is 24.3 Å². The highest BCUT2D eigenvalue weighted by Gasteiger charge is 2.21. The maximum atomic E-state index is 12.2. The van der Waals surface area contributed by atoms with Crippen LogP contribution in [-0.4, -0.2) is 51.3 Å². The molecule has 1 fully saturated rings. The van der Waals surface area contributed by atoms with Crippen molar-refractivity contribution in [1.29, 1.82) is 0 Å². The third-order valence-corrected chi connectivity index (χ3v) is 5.42. The monoisotopic (exact) mass is 302 g/mol. The van der Waals surface area contributed by atoms with Crippen LogP contribution in [0.3, 0.4) is 0 Å². The van der Waals surface area contributed by atoms with Crippen LogP contribution < -0.4 is 5.32 Å². The van der Waals surface area contributed by atoms with Gasteiger partial charge >= 0.3 is 0 Å². The third kappa shape index (κ3) is 3.92. The van der Waals surface area contributed by atoms with Gasteiger partial charge in [0.25, 0.3) is 0 Å². The zero-order chi connectivity index (χ0) is 13.9. The lowest BCUT2D eigenvalue weighted by Crippen LogP contribution is -2.50. The molecule has 0 unspecified atom stereocenters. The average molecular weight is 303 g/mol. The van der Waals surface area contributed by atoms with E-state index in [0.29, 0.717) is 22.5 Å². The molecule has 19 heavy (non-hydrogen) atoms. The Morgan fingerprint density at radius 1 is 1.37 bits per heavy atom. The molecule has 0 aromatic heterocycles. The molecular formula is C13H19ClN2O2S. The Hall–Kier alpha value is -0.620. The molecule has 6 heteroatoms. The number of benzene rings is 1. The summed E-state index contributed by atoms with van der Waals surface area (Å²) in [6, 6.07) is 6.75. The predicted molar refractivity (Wildman–Crippen MR) is 77.4 cm³/mol. The molecule has 0 radical (unpaired) electrons. The zero-order valence-electron chi connectivity index (χ0n) is 11.0. The molecule has 1 aliphatic rings. The molecule has 1 atom stereocenters. The first kappa shape index (κ1) is 14.8. The summed E-state index contributed by atoms with van der Waals surface area (Å²) < 4.78 is 24.4. The second-order valence-corrected chi connectivity index (χ2v) is 7.41. The predicted octanol–water partition coefficient (Wildman–Crippen LogP) is 1.41. The minimum atomic E-state index is -3.22. The Labute approximate surface area is 119 Å². The van der Waals surface area contributed by atoms with Crippen LogP contribution in [0, 0.1) is 0 Å². The van der Waals surface area contributed by atoms with Gasteiger partial charge in [0.15, 0.2) is 9.84 Å². The summed E-state index contributed by atoms with van der Waals surface area (Å²) in [5.74, 6) is 0.152. The quantitative estimate of drug-likeness (QED) is 0.913. The van der Waals surface area contributed by atoms with Gasteiger partial charge in [-0.15, -0.1) is 0 Å². The number of hydrogen-bond acceptors (Lipinski definition) is 4. The van der Waals surface area contributed by atoms with Gasteiger partial charge in [-0.1, -0.05) is 11.6 Å². The largest absolute Gasteiger partial charge is 0.314 e. The van der Waals surface area contributed by atoms with Gasteiger partial charge in [0, 0.05) is 37.2 Å². The number of nitrogens with one attached hydrogen (secondary N) is 1. The van der Waals surface area contributed by atoms with Crippen molar-refractivity contribution in [1.82, 2.24) is 10.2 Å². The van der Waals surface area contributed by atoms with E-state index in [1.807, 2.05) is 0 Å². The van der Waals surface area contributed by atoms with Crippen LogP contribution in [-0.2, 0) is 9.84 Å². The first-order valence-electron chi connectivity index (χ1n) is 6.42. The molecule has 1 heterocycles. The van der Waals surface area contributed by atoms with Gasteiger partial charge in [-0.2, -0.15) is 0 Å². The molecule has 0 amide bonds. The Kier molecular flexibility index (Phi) is 4.84. The fourth-order valence-corrected chi connectivity index (χ4v) is 3.60. The van der Waals surface area contributed by atoms with E-state index >= 15 is 0 Å². The highest BCUT2D eigenvalue weighted by atomic mass is 35.5. The molecule has 0 saturated carbocycles. The highest BCUT2D eigenvalue weighted by molar-refractivity contribution is 7.91. The normalized spacial score (nSPS) is 21.5. The van der Waals surface area contributed by atoms with Gasteiger partial charge in [0.1, 0.15) is 0 Å². The molecule has 1 aromatic rings. The topological polar surface area (TPSA) is 49.4 Å². The average Bonchev–Trinajstić information content (AvgIpc) is 2.38. The molecule has 0 spiro atoms. The van der Waals surface area contributed by atoms with Crippen LogP contribution in [0.4, 0.5) is 0 Å². The fourth-order valence-electron chi connectivity index (χ4n) is 2.21. The van der Waals surface area contributed by atoms with E-state index < -0.39 is 9.84 Å². The van der Waals surface area contributed by atoms with E-state index in [4.69, 9.17) is 11.6 Å². The minimum absolute atomic E-state index is 0.152. The summed E-state index contributed by atoms with van der Waals surface area (Å²) >= 11 is 5.77. The number of halogens is 1. The maximum Gasteiger partial charge on any atom is 0.179 e. The number of sulfone groups is 1. The van der Waals surface area contributed by atoms with Crippen molar-refractivity contribution in [2.45, 2.75) is 17.9 Å². The van der Waals surface area contributed by atoms with Crippen LogP contribution >= 0.6 is 11.6 Å². The number of piperazine rings is 1. The molecule has 1 N–H and O–H groups in total. The standard InChI is InChI=1S/C13H19ClN2O2S/c1-11-10-15-6-7-16(11)8-9-19(17,18)13-4-2-12(14)3-5-13/h2-5,11,15H,6-10H2,1H3/t11-/m1/s1. The lowest BCUT2D eigenvalue weighted by molar-refractivity contribution is 0.184. The smallest absolute Gasteiger partial charge is 0.179 e. The molecule has 106 valence electrons. The Morgan fingerprint density at radius 2 is 2.05 bits per heavy atom. The van der Waals surface area contributed by atoms with Crippen molar-refractivity contribution in [3.8, 4) is 0 Å². The van der Waals surface area contributed by atoms with E-state index in [9.17, 15) is 8.42 Å². The molecule has 1 aromatic carbocycles. The second-order valence-electron chi connectivity index (χ2n) is 4.86. The summed E-state index contributed by atoms with van der Waals surface area (Å²) in [4.78, 5) is 2.56. The summed E-state index contributed by atoms with van der Waals surface area (Å²) in [5, 5.41) is 3.84. The van der Waals surface area contributed by atoms with E-state index in [1.165, 1.54) is 0 Å². The second kappa shape index (κ2) is 6.22. The van der Waals surface area contributed by atoms with Crippen LogP contribution in [0.15, 0.2) is 29.2 Å². The van der Waals surface area contributed by atoms with Gasteiger partial charge in [-0.25, -0.2) is 8.42 Å². The van der Waals surface area contributed by atoms with Crippen molar-refractivity contribution < 1.29 is 8.42 Å². The summed E-state index contributed by atoms with van der Waals surface area (Å²) in [6.07, 6.45) is 0. The Bertz CT molecular complexity index is 516. The first-order valence-corrected chi connectivity index (χ1v) is 8.45. The lowest BCUT2D eigenvalue weighted by atomic mass is 10.2. The molecule has 0 aliphatic carbocycles. The first-order chi connectivity index (χ1) is 8.99. The summed E-state index contributed by atoms with van der Waals surface area (Å²) in [6.45, 7) is 5.43. The van der Waals surface area contributed by atoms with Gasteiger partial charge in [0.05, 0.1) is 10.6 Å². The van der Waals surface area contributed by atoms with Crippen LogP contribution in [0.5, 0.6) is 0 Å². The highest BCUT2D eigenvalue weighted by Crippen LogP contribution is 2.16. The number of hydrogen-bond donors (Lipinski definition) is 1. The summed E-state index contributed by atoms with van der Waals surface area (Å²) in [5.41, 5.74) is 0. The summed E-state index contributed by atoms with van der Waals surface area (Å²) in [7, 11) is -3.22. The van der Waals surface area contributed by atoms with Gasteiger partial charge in [0.2, 0.25) is 0 Å². The molecule has 4 nitrogen and oxygen atoms in total. The van der Waals surface area contributed by atoms with Crippen molar-refractivity contribution >= 4 is 21.4 Å². The van der Waals surface area contributed by atoms with Crippen molar-refractivity contribution in [2.24, 2.45) is 0 Å². The minimum Gasteiger partial charge on any atom is -0.314 e. The lowest BCUT2D eigenvalue weighted by Gasteiger charge is -2.33. The fraction of sp³-hybridized carbons (Fsp3) is 0.538. The third-order valence-electron chi connectivity index (χ3n) is 3.46. The Balaban J connectivity index is 1.99. The van der Waals surface area contributed by atoms with E-state index in [0.717, 1.165) is 19.6 Å². The number of rotatable bonds is 4. The van der Waals surface area contributed by atoms with Crippen LogP contribution in [0.25, 0.3) is 0 Å². The Morgan fingerprint density at radius 3 is 2.68 bits per heavy atom. The van der Waals surface area contributed by atoms with Crippen molar-refractivity contribution in [2.75, 3.05) is 31.9 Å². The molecule has 0 bridgehead atoms. The van der Waals surface area contributed by atoms with Crippen LogP contribution in [0.1, 0.15) is 6.92 Å². The van der Waals surface area contributed by atoms with E-state index in [2.05, 4.69) is 17.1 Å². The number of nitrogens with zero attached hydrogens (tertiary/aromatic N) is 1.